The first-order valence-electron chi connectivity index (χ1n) is 8.98. The molecule has 6 nitrogen and oxygen atoms in total. The van der Waals surface area contributed by atoms with E-state index >= 15 is 0 Å². The van der Waals surface area contributed by atoms with Crippen LogP contribution in [0, 0.1) is 5.92 Å². The van der Waals surface area contributed by atoms with Crippen molar-refractivity contribution in [2.75, 3.05) is 31.6 Å². The highest BCUT2D eigenvalue weighted by molar-refractivity contribution is 6.21. The van der Waals surface area contributed by atoms with Crippen molar-refractivity contribution in [2.24, 2.45) is 5.92 Å². The van der Waals surface area contributed by atoms with E-state index in [1.807, 2.05) is 18.2 Å². The van der Waals surface area contributed by atoms with E-state index in [4.69, 9.17) is 4.74 Å². The minimum atomic E-state index is -0.467. The monoisotopic (exact) mass is 364 g/mol. The van der Waals surface area contributed by atoms with Crippen molar-refractivity contribution < 1.29 is 19.1 Å². The smallest absolute Gasteiger partial charge is 0.338 e. The van der Waals surface area contributed by atoms with Crippen LogP contribution < -0.4 is 4.90 Å². The Balaban J connectivity index is 1.37. The van der Waals surface area contributed by atoms with Gasteiger partial charge in [-0.1, -0.05) is 18.2 Å². The molecule has 0 aliphatic carbocycles. The number of imide groups is 1. The highest BCUT2D eigenvalue weighted by Crippen LogP contribution is 2.25. The summed E-state index contributed by atoms with van der Waals surface area (Å²) < 4.78 is 5.47. The lowest BCUT2D eigenvalue weighted by atomic mass is 10.1. The number of hydrogen-bond acceptors (Lipinski definition) is 5. The molecule has 0 spiro atoms. The topological polar surface area (TPSA) is 66.9 Å². The highest BCUT2D eigenvalue weighted by atomic mass is 16.5. The van der Waals surface area contributed by atoms with E-state index in [1.54, 1.807) is 0 Å². The Morgan fingerprint density at radius 3 is 2.59 bits per heavy atom. The highest BCUT2D eigenvalue weighted by Gasteiger charge is 2.33. The van der Waals surface area contributed by atoms with Crippen LogP contribution in [0.15, 0.2) is 48.5 Å². The number of carbonyl (C=O) groups is 3. The molecule has 1 fully saturated rings. The van der Waals surface area contributed by atoms with Crippen molar-refractivity contribution in [3.8, 4) is 0 Å². The fraction of sp³-hybridized carbons (Fsp3) is 0.286. The lowest BCUT2D eigenvalue weighted by Crippen LogP contribution is -2.24. The molecular weight excluding hydrogens is 344 g/mol. The average molecular weight is 364 g/mol. The number of benzene rings is 2. The Morgan fingerprint density at radius 2 is 1.81 bits per heavy atom. The Morgan fingerprint density at radius 1 is 1.07 bits per heavy atom. The van der Waals surface area contributed by atoms with Crippen molar-refractivity contribution in [1.82, 2.24) is 4.90 Å². The fourth-order valence-corrected chi connectivity index (χ4v) is 3.61. The number of rotatable bonds is 4. The molecule has 27 heavy (non-hydrogen) atoms. The molecule has 1 unspecified atom stereocenters. The summed E-state index contributed by atoms with van der Waals surface area (Å²) in [5.74, 6) is -0.926. The minimum Gasteiger partial charge on any atom is -0.462 e. The van der Waals surface area contributed by atoms with Gasteiger partial charge in [0.05, 0.1) is 23.3 Å². The molecule has 0 radical (unpaired) electrons. The van der Waals surface area contributed by atoms with Crippen LogP contribution in [0.4, 0.5) is 5.69 Å². The number of hydrogen-bond donors (Lipinski definition) is 0. The summed E-state index contributed by atoms with van der Waals surface area (Å²) in [7, 11) is 1.43. The van der Waals surface area contributed by atoms with E-state index in [9.17, 15) is 14.4 Å². The molecule has 0 aromatic heterocycles. The van der Waals surface area contributed by atoms with Crippen LogP contribution in [0.1, 0.15) is 37.5 Å². The SMILES string of the molecule is CN1C(=O)c2ccc(C(=O)OCC3CCN(c4ccccc4)C3)cc2C1=O. The molecule has 0 N–H and O–H groups in total. The van der Waals surface area contributed by atoms with Crippen molar-refractivity contribution in [2.45, 2.75) is 6.42 Å². The molecule has 4 rings (SSSR count). The van der Waals surface area contributed by atoms with Crippen LogP contribution in [-0.4, -0.2) is 49.4 Å². The zero-order chi connectivity index (χ0) is 19.0. The average Bonchev–Trinajstić information content (AvgIpc) is 3.26. The molecule has 1 saturated heterocycles. The first kappa shape index (κ1) is 17.3. The van der Waals surface area contributed by atoms with E-state index in [1.165, 1.54) is 30.9 Å². The maximum atomic E-state index is 12.4. The minimum absolute atomic E-state index is 0.257. The summed E-state index contributed by atoms with van der Waals surface area (Å²) in [6.07, 6.45) is 0.962. The van der Waals surface area contributed by atoms with Gasteiger partial charge in [0.25, 0.3) is 11.8 Å². The molecule has 2 amide bonds. The van der Waals surface area contributed by atoms with Gasteiger partial charge >= 0.3 is 5.97 Å². The van der Waals surface area contributed by atoms with Crippen LogP contribution >= 0.6 is 0 Å². The first-order valence-corrected chi connectivity index (χ1v) is 8.98. The molecule has 1 atom stereocenters. The molecule has 2 aromatic rings. The first-order chi connectivity index (χ1) is 13.0. The van der Waals surface area contributed by atoms with Gasteiger partial charge in [-0.2, -0.15) is 0 Å². The van der Waals surface area contributed by atoms with Gasteiger partial charge in [0.1, 0.15) is 0 Å². The van der Waals surface area contributed by atoms with Crippen LogP contribution in [-0.2, 0) is 4.74 Å². The van der Waals surface area contributed by atoms with Crippen molar-refractivity contribution in [1.29, 1.82) is 0 Å². The Kier molecular flexibility index (Phi) is 4.39. The molecule has 2 heterocycles. The Labute approximate surface area is 157 Å². The van der Waals surface area contributed by atoms with Gasteiger partial charge in [0.2, 0.25) is 0 Å². The van der Waals surface area contributed by atoms with Crippen LogP contribution in [0.25, 0.3) is 0 Å². The van der Waals surface area contributed by atoms with Crippen molar-refractivity contribution in [3.05, 3.63) is 65.2 Å². The molecule has 0 saturated carbocycles. The van der Waals surface area contributed by atoms with Gasteiger partial charge in [-0.3, -0.25) is 14.5 Å². The number of carbonyl (C=O) groups excluding carboxylic acids is 3. The van der Waals surface area contributed by atoms with E-state index in [0.717, 1.165) is 24.4 Å². The molecule has 138 valence electrons. The number of esters is 1. The van der Waals surface area contributed by atoms with E-state index in [0.29, 0.717) is 17.7 Å². The summed E-state index contributed by atoms with van der Waals surface area (Å²) in [5.41, 5.74) is 2.06. The number of ether oxygens (including phenoxy) is 1. The second-order valence-electron chi connectivity index (χ2n) is 6.96. The van der Waals surface area contributed by atoms with Gasteiger partial charge < -0.3 is 9.64 Å². The normalized spacial score (nSPS) is 18.8. The summed E-state index contributed by atoms with van der Waals surface area (Å²) in [6, 6.07) is 14.7. The van der Waals surface area contributed by atoms with Gasteiger partial charge in [-0.15, -0.1) is 0 Å². The maximum Gasteiger partial charge on any atom is 0.338 e. The second kappa shape index (κ2) is 6.87. The fourth-order valence-electron chi connectivity index (χ4n) is 3.61. The van der Waals surface area contributed by atoms with Gasteiger partial charge in [0.15, 0.2) is 0 Å². The number of para-hydroxylation sites is 1. The zero-order valence-electron chi connectivity index (χ0n) is 15.1. The third-order valence-electron chi connectivity index (χ3n) is 5.18. The largest absolute Gasteiger partial charge is 0.462 e. The molecule has 0 bridgehead atoms. The Hall–Kier alpha value is -3.15. The summed E-state index contributed by atoms with van der Waals surface area (Å²) in [4.78, 5) is 39.7. The van der Waals surface area contributed by atoms with E-state index < -0.39 is 5.97 Å². The lowest BCUT2D eigenvalue weighted by molar-refractivity contribution is 0.0450. The zero-order valence-corrected chi connectivity index (χ0v) is 15.1. The third kappa shape index (κ3) is 3.18. The third-order valence-corrected chi connectivity index (χ3v) is 5.18. The summed E-state index contributed by atoms with van der Waals surface area (Å²) in [5, 5.41) is 0. The molecule has 2 aliphatic heterocycles. The summed E-state index contributed by atoms with van der Waals surface area (Å²) in [6.45, 7) is 2.12. The van der Waals surface area contributed by atoms with Crippen molar-refractivity contribution >= 4 is 23.5 Å². The second-order valence-corrected chi connectivity index (χ2v) is 6.96. The quantitative estimate of drug-likeness (QED) is 0.616. The van der Waals surface area contributed by atoms with Gasteiger partial charge in [-0.25, -0.2) is 4.79 Å². The molecule has 2 aliphatic rings. The molecule has 2 aromatic carbocycles. The van der Waals surface area contributed by atoms with Crippen LogP contribution in [0.5, 0.6) is 0 Å². The number of fused-ring (bicyclic) bond motifs is 1. The standard InChI is InChI=1S/C21H20N2O4/c1-22-19(24)17-8-7-15(11-18(17)20(22)25)21(26)27-13-14-9-10-23(12-14)16-5-3-2-4-6-16/h2-8,11,14H,9-10,12-13H2,1H3. The van der Waals surface area contributed by atoms with Crippen LogP contribution in [0.3, 0.4) is 0 Å². The van der Waals surface area contributed by atoms with Gasteiger partial charge in [-0.05, 0) is 36.8 Å². The summed E-state index contributed by atoms with van der Waals surface area (Å²) >= 11 is 0. The van der Waals surface area contributed by atoms with Crippen molar-refractivity contribution in [3.63, 3.8) is 0 Å². The lowest BCUT2D eigenvalue weighted by Gasteiger charge is -2.18. The molecule has 6 heteroatoms. The maximum absolute atomic E-state index is 12.4. The number of amides is 2. The van der Waals surface area contributed by atoms with Gasteiger partial charge in [0, 0.05) is 31.7 Å². The Bertz CT molecular complexity index is 910. The van der Waals surface area contributed by atoms with Crippen LogP contribution in [0.2, 0.25) is 0 Å². The predicted molar refractivity (Wildman–Crippen MR) is 99.9 cm³/mol. The molecular formula is C21H20N2O4. The predicted octanol–water partition coefficient (Wildman–Crippen LogP) is 2.60. The van der Waals surface area contributed by atoms with E-state index in [-0.39, 0.29) is 23.3 Å². The van der Waals surface area contributed by atoms with E-state index in [2.05, 4.69) is 17.0 Å². The number of anilines is 1. The number of nitrogens with zero attached hydrogens (tertiary/aromatic N) is 2.